The van der Waals surface area contributed by atoms with E-state index in [1.165, 1.54) is 0 Å². The van der Waals surface area contributed by atoms with Crippen LogP contribution in [0.4, 0.5) is 0 Å². The Bertz CT molecular complexity index is 276. The van der Waals surface area contributed by atoms with Gasteiger partial charge in [-0.3, -0.25) is 4.55 Å². The molecule has 0 radical (unpaired) electrons. The van der Waals surface area contributed by atoms with Gasteiger partial charge in [0.15, 0.2) is 0 Å². The van der Waals surface area contributed by atoms with Gasteiger partial charge in [0.1, 0.15) is 0 Å². The summed E-state index contributed by atoms with van der Waals surface area (Å²) in [7, 11) is -3.83. The van der Waals surface area contributed by atoms with E-state index >= 15 is 0 Å². The Labute approximate surface area is 77.7 Å². The Morgan fingerprint density at radius 3 is 2.33 bits per heavy atom. The fraction of sp³-hybridized carbons (Fsp3) is 0.833. The fourth-order valence-corrected chi connectivity index (χ4v) is 2.24. The Balaban J connectivity index is 0.00000121. The van der Waals surface area contributed by atoms with Crippen LogP contribution in [0.2, 0.25) is 0 Å². The van der Waals surface area contributed by atoms with E-state index in [1.54, 1.807) is 0 Å². The summed E-state index contributed by atoms with van der Waals surface area (Å²) in [6.45, 7) is 0. The molecule has 0 heterocycles. The maximum Gasteiger partial charge on any atom is 0.267 e. The van der Waals surface area contributed by atoms with Gasteiger partial charge in [-0.15, -0.1) is 12.4 Å². The van der Waals surface area contributed by atoms with Crippen LogP contribution in [0.5, 0.6) is 0 Å². The van der Waals surface area contributed by atoms with Crippen LogP contribution in [0, 0.1) is 17.2 Å². The molecule has 1 N–H and O–H groups in total. The van der Waals surface area contributed by atoms with Crippen molar-refractivity contribution in [3.8, 4) is 6.07 Å². The van der Waals surface area contributed by atoms with E-state index in [1.807, 2.05) is 6.07 Å². The summed E-state index contributed by atoms with van der Waals surface area (Å²) < 4.78 is 29.4. The van der Waals surface area contributed by atoms with E-state index < -0.39 is 15.4 Å². The lowest BCUT2D eigenvalue weighted by molar-refractivity contribution is 0.304. The zero-order valence-corrected chi connectivity index (χ0v) is 7.94. The van der Waals surface area contributed by atoms with Crippen molar-refractivity contribution in [1.82, 2.24) is 0 Å². The van der Waals surface area contributed by atoms with E-state index in [2.05, 4.69) is 0 Å². The highest BCUT2D eigenvalue weighted by molar-refractivity contribution is 7.86. The van der Waals surface area contributed by atoms with Gasteiger partial charge in [0.25, 0.3) is 10.1 Å². The van der Waals surface area contributed by atoms with Crippen molar-refractivity contribution in [1.29, 1.82) is 5.26 Å². The van der Waals surface area contributed by atoms with Crippen LogP contribution in [0.15, 0.2) is 0 Å². The van der Waals surface area contributed by atoms with Crippen molar-refractivity contribution < 1.29 is 13.0 Å². The SMILES string of the molecule is Cl.N#CC[C@H]1C[C@H](S(=O)(=O)O)C1. The van der Waals surface area contributed by atoms with E-state index in [4.69, 9.17) is 9.81 Å². The van der Waals surface area contributed by atoms with Gasteiger partial charge in [0.2, 0.25) is 0 Å². The smallest absolute Gasteiger partial charge is 0.267 e. The molecule has 0 amide bonds. The van der Waals surface area contributed by atoms with Crippen molar-refractivity contribution >= 4 is 22.5 Å². The molecule has 1 saturated carbocycles. The third kappa shape index (κ3) is 2.63. The van der Waals surface area contributed by atoms with Crippen molar-refractivity contribution in [2.75, 3.05) is 0 Å². The Morgan fingerprint density at radius 2 is 2.00 bits per heavy atom. The predicted octanol–water partition coefficient (Wildman–Crippen LogP) is 0.988. The van der Waals surface area contributed by atoms with Crippen LogP contribution in [0.25, 0.3) is 0 Å². The molecule has 0 atom stereocenters. The third-order valence-electron chi connectivity index (χ3n) is 1.99. The largest absolute Gasteiger partial charge is 0.285 e. The summed E-state index contributed by atoms with van der Waals surface area (Å²) in [6.07, 6.45) is 1.27. The molecular formula is C6H10ClNO3S. The van der Waals surface area contributed by atoms with E-state index in [0.29, 0.717) is 19.3 Å². The third-order valence-corrected chi connectivity index (χ3v) is 3.22. The monoisotopic (exact) mass is 211 g/mol. The first-order valence-corrected chi connectivity index (χ1v) is 4.87. The highest BCUT2D eigenvalue weighted by Gasteiger charge is 2.37. The minimum Gasteiger partial charge on any atom is -0.285 e. The second-order valence-electron chi connectivity index (χ2n) is 2.84. The van der Waals surface area contributed by atoms with Crippen LogP contribution >= 0.6 is 12.4 Å². The Kier molecular flexibility index (Phi) is 3.97. The lowest BCUT2D eigenvalue weighted by Crippen LogP contribution is -2.35. The number of nitrogens with zero attached hydrogens (tertiary/aromatic N) is 1. The Morgan fingerprint density at radius 1 is 1.50 bits per heavy atom. The van der Waals surface area contributed by atoms with Gasteiger partial charge in [-0.25, -0.2) is 0 Å². The molecule has 0 aromatic carbocycles. The highest BCUT2D eigenvalue weighted by atomic mass is 35.5. The minimum absolute atomic E-state index is 0. The lowest BCUT2D eigenvalue weighted by atomic mass is 9.83. The van der Waals surface area contributed by atoms with Crippen LogP contribution in [0.3, 0.4) is 0 Å². The molecule has 1 fully saturated rings. The van der Waals surface area contributed by atoms with E-state index in [-0.39, 0.29) is 18.3 Å². The standard InChI is InChI=1S/C6H9NO3S.ClH/c7-2-1-5-3-6(4-5)11(8,9)10;/h5-6H,1,3-4H2,(H,8,9,10);1H/t5-,6-;. The quantitative estimate of drug-likeness (QED) is 0.691. The molecule has 0 spiro atoms. The molecule has 1 rings (SSSR count). The molecular weight excluding hydrogens is 202 g/mol. The number of halogens is 1. The number of nitriles is 1. The van der Waals surface area contributed by atoms with Gasteiger partial charge in [-0.2, -0.15) is 13.7 Å². The van der Waals surface area contributed by atoms with Crippen LogP contribution in [-0.2, 0) is 10.1 Å². The van der Waals surface area contributed by atoms with E-state index in [9.17, 15) is 8.42 Å². The molecule has 0 bridgehead atoms. The molecule has 4 nitrogen and oxygen atoms in total. The maximum atomic E-state index is 10.4. The molecule has 0 aromatic heterocycles. The zero-order valence-electron chi connectivity index (χ0n) is 6.30. The van der Waals surface area contributed by atoms with Gasteiger partial charge in [-0.05, 0) is 18.8 Å². The summed E-state index contributed by atoms with van der Waals surface area (Å²) in [5.74, 6) is 0.173. The fourth-order valence-electron chi connectivity index (χ4n) is 1.21. The summed E-state index contributed by atoms with van der Waals surface area (Å²) in [5, 5.41) is 7.62. The van der Waals surface area contributed by atoms with Gasteiger partial charge in [0.05, 0.1) is 11.3 Å². The molecule has 0 saturated heterocycles. The van der Waals surface area contributed by atoms with Crippen molar-refractivity contribution in [2.45, 2.75) is 24.5 Å². The van der Waals surface area contributed by atoms with Gasteiger partial charge >= 0.3 is 0 Å². The Hall–Kier alpha value is -0.310. The number of hydrogen-bond donors (Lipinski definition) is 1. The van der Waals surface area contributed by atoms with Crippen LogP contribution < -0.4 is 0 Å². The van der Waals surface area contributed by atoms with Crippen LogP contribution in [-0.4, -0.2) is 18.2 Å². The normalized spacial score (nSPS) is 28.0. The van der Waals surface area contributed by atoms with Gasteiger partial charge in [-0.1, -0.05) is 0 Å². The molecule has 0 aliphatic heterocycles. The molecule has 1 aliphatic rings. The number of hydrogen-bond acceptors (Lipinski definition) is 3. The molecule has 6 heteroatoms. The maximum absolute atomic E-state index is 10.4. The molecule has 0 aromatic rings. The molecule has 70 valence electrons. The predicted molar refractivity (Wildman–Crippen MR) is 45.5 cm³/mol. The average Bonchev–Trinajstić information content (AvgIpc) is 1.74. The number of rotatable bonds is 2. The van der Waals surface area contributed by atoms with E-state index in [0.717, 1.165) is 0 Å². The second kappa shape index (κ2) is 4.08. The minimum atomic E-state index is -3.83. The average molecular weight is 212 g/mol. The molecule has 1 aliphatic carbocycles. The van der Waals surface area contributed by atoms with Crippen molar-refractivity contribution in [2.24, 2.45) is 5.92 Å². The summed E-state index contributed by atoms with van der Waals surface area (Å²) in [5.41, 5.74) is 0. The van der Waals surface area contributed by atoms with Gasteiger partial charge in [0, 0.05) is 6.42 Å². The second-order valence-corrected chi connectivity index (χ2v) is 4.53. The van der Waals surface area contributed by atoms with Crippen molar-refractivity contribution in [3.63, 3.8) is 0 Å². The first-order chi connectivity index (χ1) is 5.04. The van der Waals surface area contributed by atoms with Crippen LogP contribution in [0.1, 0.15) is 19.3 Å². The topological polar surface area (TPSA) is 78.2 Å². The van der Waals surface area contributed by atoms with Gasteiger partial charge < -0.3 is 0 Å². The molecule has 12 heavy (non-hydrogen) atoms. The highest BCUT2D eigenvalue weighted by Crippen LogP contribution is 2.34. The zero-order chi connectivity index (χ0) is 8.48. The van der Waals surface area contributed by atoms with Crippen molar-refractivity contribution in [3.05, 3.63) is 0 Å². The first kappa shape index (κ1) is 11.7. The summed E-state index contributed by atoms with van der Waals surface area (Å²) >= 11 is 0. The molecule has 0 unspecified atom stereocenters. The summed E-state index contributed by atoms with van der Waals surface area (Å²) in [6, 6.07) is 1.97. The summed E-state index contributed by atoms with van der Waals surface area (Å²) in [4.78, 5) is 0. The first-order valence-electron chi connectivity index (χ1n) is 3.37. The lowest BCUT2D eigenvalue weighted by Gasteiger charge is -2.30.